The van der Waals surface area contributed by atoms with Crippen molar-refractivity contribution in [3.05, 3.63) is 29.5 Å². The molecule has 14 heavy (non-hydrogen) atoms. The van der Waals surface area contributed by atoms with Gasteiger partial charge in [0.15, 0.2) is 0 Å². The standard InChI is InChI=1S/C10H11NO3/c1-7(10(12)13)5-8-3-4-9(14-2)11-6-8/h3-6H,1-2H3,(H,12,13)/b7-5-. The smallest absolute Gasteiger partial charge is 0.331 e. The van der Waals surface area contributed by atoms with E-state index in [2.05, 4.69) is 4.98 Å². The highest BCUT2D eigenvalue weighted by atomic mass is 16.5. The number of pyridine rings is 1. The Kier molecular flexibility index (Phi) is 3.23. The molecule has 1 heterocycles. The minimum absolute atomic E-state index is 0.275. The summed E-state index contributed by atoms with van der Waals surface area (Å²) in [5.74, 6) is -0.420. The van der Waals surface area contributed by atoms with Crippen LogP contribution in [-0.2, 0) is 4.79 Å². The fourth-order valence-electron chi connectivity index (χ4n) is 0.910. The van der Waals surface area contributed by atoms with Crippen molar-refractivity contribution in [2.45, 2.75) is 6.92 Å². The van der Waals surface area contributed by atoms with E-state index in [-0.39, 0.29) is 5.57 Å². The molecule has 0 aromatic carbocycles. The van der Waals surface area contributed by atoms with Crippen LogP contribution in [0.3, 0.4) is 0 Å². The van der Waals surface area contributed by atoms with Crippen molar-refractivity contribution in [2.24, 2.45) is 0 Å². The molecule has 1 aromatic rings. The Hall–Kier alpha value is -1.84. The molecule has 4 heteroatoms. The van der Waals surface area contributed by atoms with Crippen molar-refractivity contribution in [3.8, 4) is 5.88 Å². The number of aliphatic carboxylic acids is 1. The predicted octanol–water partition coefficient (Wildman–Crippen LogP) is 1.58. The van der Waals surface area contributed by atoms with E-state index in [1.807, 2.05) is 0 Å². The van der Waals surface area contributed by atoms with Crippen LogP contribution in [0.4, 0.5) is 0 Å². The van der Waals surface area contributed by atoms with Crippen molar-refractivity contribution in [1.29, 1.82) is 0 Å². The Labute approximate surface area is 81.9 Å². The number of ether oxygens (including phenoxy) is 1. The third-order valence-corrected chi connectivity index (χ3v) is 1.69. The number of carboxylic acids is 1. The Balaban J connectivity index is 2.88. The van der Waals surface area contributed by atoms with Crippen LogP contribution in [-0.4, -0.2) is 23.2 Å². The first kappa shape index (κ1) is 10.2. The summed E-state index contributed by atoms with van der Waals surface area (Å²) >= 11 is 0. The van der Waals surface area contributed by atoms with Crippen LogP contribution in [0.2, 0.25) is 0 Å². The Morgan fingerprint density at radius 2 is 2.29 bits per heavy atom. The molecule has 0 aliphatic rings. The summed E-state index contributed by atoms with van der Waals surface area (Å²) in [6.45, 7) is 1.53. The van der Waals surface area contributed by atoms with Gasteiger partial charge in [0.05, 0.1) is 7.11 Å². The quantitative estimate of drug-likeness (QED) is 0.740. The van der Waals surface area contributed by atoms with Crippen molar-refractivity contribution in [3.63, 3.8) is 0 Å². The van der Waals surface area contributed by atoms with Crippen molar-refractivity contribution in [2.75, 3.05) is 7.11 Å². The molecule has 0 unspecified atom stereocenters. The van der Waals surface area contributed by atoms with Gasteiger partial charge in [-0.15, -0.1) is 0 Å². The first-order chi connectivity index (χ1) is 6.63. The molecule has 0 radical (unpaired) electrons. The number of carbonyl (C=O) groups is 1. The zero-order valence-electron chi connectivity index (χ0n) is 8.02. The van der Waals surface area contributed by atoms with Crippen molar-refractivity contribution < 1.29 is 14.6 Å². The number of carboxylic acid groups (broad SMARTS) is 1. The number of methoxy groups -OCH3 is 1. The first-order valence-corrected chi connectivity index (χ1v) is 4.05. The molecule has 0 bridgehead atoms. The van der Waals surface area contributed by atoms with Gasteiger partial charge < -0.3 is 9.84 Å². The monoisotopic (exact) mass is 193 g/mol. The molecular weight excluding hydrogens is 182 g/mol. The van der Waals surface area contributed by atoms with Crippen LogP contribution >= 0.6 is 0 Å². The maximum absolute atomic E-state index is 10.5. The van der Waals surface area contributed by atoms with Gasteiger partial charge in [0, 0.05) is 17.8 Å². The van der Waals surface area contributed by atoms with Crippen LogP contribution in [0, 0.1) is 0 Å². The lowest BCUT2D eigenvalue weighted by Gasteiger charge is -1.98. The van der Waals surface area contributed by atoms with Gasteiger partial charge in [-0.05, 0) is 24.6 Å². The highest BCUT2D eigenvalue weighted by Crippen LogP contribution is 2.10. The van der Waals surface area contributed by atoms with Crippen LogP contribution in [0.15, 0.2) is 23.9 Å². The number of hydrogen-bond acceptors (Lipinski definition) is 3. The van der Waals surface area contributed by atoms with E-state index in [1.54, 1.807) is 24.4 Å². The topological polar surface area (TPSA) is 59.4 Å². The molecular formula is C10H11NO3. The third kappa shape index (κ3) is 2.58. The van der Waals surface area contributed by atoms with E-state index >= 15 is 0 Å². The zero-order valence-corrected chi connectivity index (χ0v) is 8.02. The number of aromatic nitrogens is 1. The molecule has 1 N–H and O–H groups in total. The second-order valence-electron chi connectivity index (χ2n) is 2.77. The molecule has 0 aliphatic heterocycles. The van der Waals surface area contributed by atoms with Crippen molar-refractivity contribution >= 4 is 12.0 Å². The molecule has 0 saturated carbocycles. The average molecular weight is 193 g/mol. The van der Waals surface area contributed by atoms with Gasteiger partial charge in [-0.1, -0.05) is 0 Å². The molecule has 0 atom stereocenters. The summed E-state index contributed by atoms with van der Waals surface area (Å²) in [6.07, 6.45) is 3.11. The molecule has 74 valence electrons. The average Bonchev–Trinajstić information content (AvgIpc) is 2.19. The molecule has 4 nitrogen and oxygen atoms in total. The van der Waals surface area contributed by atoms with Crippen molar-refractivity contribution in [1.82, 2.24) is 4.98 Å². The van der Waals surface area contributed by atoms with Gasteiger partial charge in [-0.25, -0.2) is 9.78 Å². The van der Waals surface area contributed by atoms with Gasteiger partial charge >= 0.3 is 5.97 Å². The lowest BCUT2D eigenvalue weighted by Crippen LogP contribution is -1.95. The Bertz CT molecular complexity index is 354. The minimum atomic E-state index is -0.930. The molecule has 1 rings (SSSR count). The summed E-state index contributed by atoms with van der Waals surface area (Å²) in [6, 6.07) is 3.43. The molecule has 0 fully saturated rings. The van der Waals surface area contributed by atoms with E-state index in [4.69, 9.17) is 9.84 Å². The van der Waals surface area contributed by atoms with E-state index in [9.17, 15) is 4.79 Å². The highest BCUT2D eigenvalue weighted by Gasteiger charge is 2.00. The Morgan fingerprint density at radius 3 is 2.71 bits per heavy atom. The highest BCUT2D eigenvalue weighted by molar-refractivity contribution is 5.91. The second-order valence-corrected chi connectivity index (χ2v) is 2.77. The fraction of sp³-hybridized carbons (Fsp3) is 0.200. The SMILES string of the molecule is COc1ccc(/C=C(/C)C(=O)O)cn1. The van der Waals surface area contributed by atoms with Gasteiger partial charge in [0.2, 0.25) is 5.88 Å². The van der Waals surface area contributed by atoms with Gasteiger partial charge in [-0.2, -0.15) is 0 Å². The molecule has 0 aliphatic carbocycles. The summed E-state index contributed by atoms with van der Waals surface area (Å²) in [5, 5.41) is 8.63. The number of rotatable bonds is 3. The van der Waals surface area contributed by atoms with E-state index < -0.39 is 5.97 Å². The van der Waals surface area contributed by atoms with Crippen LogP contribution in [0.5, 0.6) is 5.88 Å². The third-order valence-electron chi connectivity index (χ3n) is 1.69. The summed E-state index contributed by atoms with van der Waals surface area (Å²) in [4.78, 5) is 14.5. The van der Waals surface area contributed by atoms with Gasteiger partial charge in [0.1, 0.15) is 0 Å². The fourth-order valence-corrected chi connectivity index (χ4v) is 0.910. The number of nitrogens with zero attached hydrogens (tertiary/aromatic N) is 1. The Morgan fingerprint density at radius 1 is 1.57 bits per heavy atom. The molecule has 0 amide bonds. The summed E-state index contributed by atoms with van der Waals surface area (Å²) in [7, 11) is 1.53. The van der Waals surface area contributed by atoms with E-state index in [1.165, 1.54) is 14.0 Å². The normalized spacial score (nSPS) is 11.1. The van der Waals surface area contributed by atoms with E-state index in [0.29, 0.717) is 5.88 Å². The predicted molar refractivity (Wildman–Crippen MR) is 52.1 cm³/mol. The van der Waals surface area contributed by atoms with Crippen LogP contribution in [0.25, 0.3) is 6.08 Å². The largest absolute Gasteiger partial charge is 0.481 e. The van der Waals surface area contributed by atoms with Gasteiger partial charge in [-0.3, -0.25) is 0 Å². The van der Waals surface area contributed by atoms with E-state index in [0.717, 1.165) is 5.56 Å². The van der Waals surface area contributed by atoms with Crippen LogP contribution in [0.1, 0.15) is 12.5 Å². The summed E-state index contributed by atoms with van der Waals surface area (Å²) in [5.41, 5.74) is 1.02. The lowest BCUT2D eigenvalue weighted by molar-refractivity contribution is -0.132. The summed E-state index contributed by atoms with van der Waals surface area (Å²) < 4.78 is 4.87. The maximum Gasteiger partial charge on any atom is 0.331 e. The zero-order chi connectivity index (χ0) is 10.6. The van der Waals surface area contributed by atoms with Gasteiger partial charge in [0.25, 0.3) is 0 Å². The lowest BCUT2D eigenvalue weighted by atomic mass is 10.2. The number of hydrogen-bond donors (Lipinski definition) is 1. The second kappa shape index (κ2) is 4.41. The molecule has 0 saturated heterocycles. The molecule has 1 aromatic heterocycles. The maximum atomic E-state index is 10.5. The van der Waals surface area contributed by atoms with Crippen LogP contribution < -0.4 is 4.74 Å². The first-order valence-electron chi connectivity index (χ1n) is 4.05. The molecule has 0 spiro atoms. The minimum Gasteiger partial charge on any atom is -0.481 e.